The van der Waals surface area contributed by atoms with Crippen LogP contribution in [0.3, 0.4) is 0 Å². The molecule has 0 spiro atoms. The number of amides is 1. The molecule has 20 heavy (non-hydrogen) atoms. The van der Waals surface area contributed by atoms with E-state index in [1.165, 1.54) is 10.4 Å². The van der Waals surface area contributed by atoms with Crippen molar-refractivity contribution in [2.24, 2.45) is 0 Å². The fraction of sp³-hybridized carbons (Fsp3) is 0.643. The Morgan fingerprint density at radius 3 is 2.95 bits per heavy atom. The lowest BCUT2D eigenvalue weighted by molar-refractivity contribution is 0.0126. The zero-order valence-corrected chi connectivity index (χ0v) is 12.9. The van der Waals surface area contributed by atoms with E-state index >= 15 is 0 Å². The second-order valence-corrected chi connectivity index (χ2v) is 7.61. The summed E-state index contributed by atoms with van der Waals surface area (Å²) in [4.78, 5) is 14.6. The lowest BCUT2D eigenvalue weighted by Crippen LogP contribution is -2.54. The van der Waals surface area contributed by atoms with Crippen LogP contribution < -0.4 is 5.32 Å². The van der Waals surface area contributed by atoms with E-state index in [0.29, 0.717) is 26.1 Å². The average Bonchev–Trinajstić information content (AvgIpc) is 2.92. The Balaban J connectivity index is 1.73. The van der Waals surface area contributed by atoms with Gasteiger partial charge >= 0.3 is 0 Å². The first-order chi connectivity index (χ1) is 9.72. The van der Waals surface area contributed by atoms with Crippen molar-refractivity contribution in [3.05, 3.63) is 21.4 Å². The molecule has 1 fully saturated rings. The van der Waals surface area contributed by atoms with Crippen LogP contribution in [0.25, 0.3) is 0 Å². The Morgan fingerprint density at radius 1 is 1.45 bits per heavy atom. The molecule has 4 nitrogen and oxygen atoms in total. The van der Waals surface area contributed by atoms with Crippen molar-refractivity contribution in [1.82, 2.24) is 5.32 Å². The zero-order chi connectivity index (χ0) is 14.0. The van der Waals surface area contributed by atoms with Gasteiger partial charge in [0.25, 0.3) is 5.91 Å². The zero-order valence-electron chi connectivity index (χ0n) is 11.3. The van der Waals surface area contributed by atoms with Crippen molar-refractivity contribution in [2.75, 3.05) is 25.6 Å². The van der Waals surface area contributed by atoms with Gasteiger partial charge in [-0.2, -0.15) is 11.8 Å². The summed E-state index contributed by atoms with van der Waals surface area (Å²) in [7, 11) is 0. The molecule has 6 heteroatoms. The second kappa shape index (κ2) is 6.05. The van der Waals surface area contributed by atoms with Gasteiger partial charge in [0.1, 0.15) is 0 Å². The molecule has 0 radical (unpaired) electrons. The van der Waals surface area contributed by atoms with E-state index in [9.17, 15) is 9.90 Å². The van der Waals surface area contributed by atoms with Gasteiger partial charge in [-0.3, -0.25) is 4.79 Å². The highest BCUT2D eigenvalue weighted by Gasteiger charge is 2.34. The Morgan fingerprint density at radius 2 is 2.25 bits per heavy atom. The number of hydrogen-bond donors (Lipinski definition) is 2. The number of aliphatic hydroxyl groups is 1. The van der Waals surface area contributed by atoms with Crippen molar-refractivity contribution in [3.8, 4) is 0 Å². The third kappa shape index (κ3) is 2.88. The minimum absolute atomic E-state index is 0.0248. The summed E-state index contributed by atoms with van der Waals surface area (Å²) in [5.41, 5.74) is 0.801. The van der Waals surface area contributed by atoms with E-state index in [4.69, 9.17) is 4.74 Å². The molecular formula is C14H19NO3S2. The van der Waals surface area contributed by atoms with Crippen molar-refractivity contribution < 1.29 is 14.6 Å². The molecule has 0 aliphatic carbocycles. The monoisotopic (exact) mass is 313 g/mol. The van der Waals surface area contributed by atoms with Crippen LogP contribution in [0.2, 0.25) is 0 Å². The van der Waals surface area contributed by atoms with Gasteiger partial charge in [0.2, 0.25) is 0 Å². The molecular weight excluding hydrogens is 294 g/mol. The van der Waals surface area contributed by atoms with Crippen LogP contribution in [0.1, 0.15) is 33.0 Å². The first kappa shape index (κ1) is 14.4. The normalized spacial score (nSPS) is 21.2. The Hall–Kier alpha value is -0.560. The van der Waals surface area contributed by atoms with Crippen molar-refractivity contribution in [2.45, 2.75) is 30.6 Å². The molecule has 0 saturated carbocycles. The molecule has 0 bridgehead atoms. The number of hydrogen-bond acceptors (Lipinski definition) is 5. The van der Waals surface area contributed by atoms with Gasteiger partial charge in [-0.05, 0) is 36.6 Å². The highest BCUT2D eigenvalue weighted by atomic mass is 32.2. The average molecular weight is 313 g/mol. The molecule has 3 heterocycles. The number of thioether (sulfide) groups is 1. The fourth-order valence-electron chi connectivity index (χ4n) is 2.65. The SMILES string of the molecule is O=C(NC1(CO)CCOCC1)c1cc2c(s1)CCSC2. The lowest BCUT2D eigenvalue weighted by atomic mass is 9.91. The van der Waals surface area contributed by atoms with E-state index in [0.717, 1.165) is 22.8 Å². The summed E-state index contributed by atoms with van der Waals surface area (Å²) in [5, 5.41) is 12.7. The summed E-state index contributed by atoms with van der Waals surface area (Å²) in [6.45, 7) is 1.17. The molecule has 0 atom stereocenters. The van der Waals surface area contributed by atoms with Gasteiger partial charge in [-0.15, -0.1) is 11.3 Å². The summed E-state index contributed by atoms with van der Waals surface area (Å²) in [6.07, 6.45) is 2.42. The van der Waals surface area contributed by atoms with Crippen LogP contribution in [0.15, 0.2) is 6.07 Å². The van der Waals surface area contributed by atoms with E-state index in [1.807, 2.05) is 17.8 Å². The van der Waals surface area contributed by atoms with Gasteiger partial charge in [0.05, 0.1) is 17.0 Å². The second-order valence-electron chi connectivity index (χ2n) is 5.37. The summed E-state index contributed by atoms with van der Waals surface area (Å²) < 4.78 is 5.32. The number of aliphatic hydroxyl groups excluding tert-OH is 1. The number of carbonyl (C=O) groups is 1. The molecule has 2 aliphatic rings. The van der Waals surface area contributed by atoms with Crippen molar-refractivity contribution in [1.29, 1.82) is 0 Å². The quantitative estimate of drug-likeness (QED) is 0.893. The molecule has 3 rings (SSSR count). The van der Waals surface area contributed by atoms with E-state index < -0.39 is 5.54 Å². The van der Waals surface area contributed by atoms with Gasteiger partial charge < -0.3 is 15.2 Å². The number of ether oxygens (including phenoxy) is 1. The minimum Gasteiger partial charge on any atom is -0.394 e. The van der Waals surface area contributed by atoms with Crippen LogP contribution in [0.5, 0.6) is 0 Å². The topological polar surface area (TPSA) is 58.6 Å². The lowest BCUT2D eigenvalue weighted by Gasteiger charge is -2.36. The Labute approximate surface area is 126 Å². The van der Waals surface area contributed by atoms with Crippen LogP contribution in [-0.4, -0.2) is 42.1 Å². The summed E-state index contributed by atoms with van der Waals surface area (Å²) in [5.74, 6) is 2.11. The molecule has 1 saturated heterocycles. The predicted molar refractivity (Wildman–Crippen MR) is 81.5 cm³/mol. The molecule has 1 aromatic rings. The molecule has 0 unspecified atom stereocenters. The molecule has 110 valence electrons. The Kier molecular flexibility index (Phi) is 4.35. The smallest absolute Gasteiger partial charge is 0.261 e. The van der Waals surface area contributed by atoms with Crippen molar-refractivity contribution in [3.63, 3.8) is 0 Å². The van der Waals surface area contributed by atoms with E-state index in [2.05, 4.69) is 5.32 Å². The van der Waals surface area contributed by atoms with Crippen LogP contribution in [-0.2, 0) is 16.9 Å². The van der Waals surface area contributed by atoms with Crippen LogP contribution in [0.4, 0.5) is 0 Å². The van der Waals surface area contributed by atoms with E-state index in [1.54, 1.807) is 11.3 Å². The molecule has 1 aromatic heterocycles. The van der Waals surface area contributed by atoms with Crippen molar-refractivity contribution >= 4 is 29.0 Å². The third-order valence-corrected chi connectivity index (χ3v) is 6.23. The number of carbonyl (C=O) groups excluding carboxylic acids is 1. The molecule has 1 amide bonds. The molecule has 0 aromatic carbocycles. The highest BCUT2D eigenvalue weighted by molar-refractivity contribution is 7.98. The number of thiophene rings is 1. The van der Waals surface area contributed by atoms with E-state index in [-0.39, 0.29) is 12.5 Å². The first-order valence-corrected chi connectivity index (χ1v) is 8.90. The van der Waals surface area contributed by atoms with Crippen LogP contribution >= 0.6 is 23.1 Å². The molecule has 2 N–H and O–H groups in total. The Bertz CT molecular complexity index is 471. The largest absolute Gasteiger partial charge is 0.394 e. The third-order valence-electron chi connectivity index (χ3n) is 3.98. The maximum absolute atomic E-state index is 12.4. The highest BCUT2D eigenvalue weighted by Crippen LogP contribution is 2.32. The summed E-state index contributed by atoms with van der Waals surface area (Å²) in [6, 6.07) is 2.02. The van der Waals surface area contributed by atoms with Gasteiger partial charge in [-0.1, -0.05) is 0 Å². The summed E-state index contributed by atoms with van der Waals surface area (Å²) >= 11 is 3.52. The van der Waals surface area contributed by atoms with Gasteiger partial charge in [-0.25, -0.2) is 0 Å². The maximum Gasteiger partial charge on any atom is 0.261 e. The standard InChI is InChI=1S/C14H19NO3S2/c16-9-14(2-4-18-5-3-14)15-13(17)12-7-10-8-19-6-1-11(10)20-12/h7,16H,1-6,8-9H2,(H,15,17). The fourth-order valence-corrected chi connectivity index (χ4v) is 4.91. The van der Waals surface area contributed by atoms with Crippen LogP contribution in [0, 0.1) is 0 Å². The first-order valence-electron chi connectivity index (χ1n) is 6.93. The number of aryl methyl sites for hydroxylation is 1. The maximum atomic E-state index is 12.4. The number of fused-ring (bicyclic) bond motifs is 1. The number of nitrogens with one attached hydrogen (secondary N) is 1. The minimum atomic E-state index is -0.505. The predicted octanol–water partition coefficient (Wildman–Crippen LogP) is 1.81. The van der Waals surface area contributed by atoms with Gasteiger partial charge in [0.15, 0.2) is 0 Å². The number of rotatable bonds is 3. The molecule has 2 aliphatic heterocycles. The van der Waals surface area contributed by atoms with Gasteiger partial charge in [0, 0.05) is 23.8 Å².